The fourth-order valence-corrected chi connectivity index (χ4v) is 2.53. The van der Waals surface area contributed by atoms with E-state index in [9.17, 15) is 9.50 Å². The Labute approximate surface area is 133 Å². The molecule has 0 saturated heterocycles. The van der Waals surface area contributed by atoms with E-state index in [1.165, 1.54) is 6.07 Å². The Morgan fingerprint density at radius 1 is 1.30 bits per heavy atom. The minimum Gasteiger partial charge on any atom is -0.386 e. The van der Waals surface area contributed by atoms with Gasteiger partial charge >= 0.3 is 0 Å². The highest BCUT2D eigenvalue weighted by Gasteiger charge is 2.13. The Bertz CT molecular complexity index is 802. The molecule has 1 atom stereocenters. The number of fused-ring (bicyclic) bond motifs is 1. The maximum atomic E-state index is 13.7. The van der Waals surface area contributed by atoms with Crippen molar-refractivity contribution in [1.82, 2.24) is 14.6 Å². The van der Waals surface area contributed by atoms with Crippen LogP contribution in [0.1, 0.15) is 30.7 Å². The Hall–Kier alpha value is -2.47. The molecule has 0 aliphatic rings. The fraction of sp³-hybridized carbons (Fsp3) is 0.294. The molecule has 6 heteroatoms. The quantitative estimate of drug-likeness (QED) is 0.734. The molecule has 3 rings (SSSR count). The van der Waals surface area contributed by atoms with Crippen LogP contribution in [0.5, 0.6) is 0 Å². The summed E-state index contributed by atoms with van der Waals surface area (Å²) in [5.41, 5.74) is 1.99. The van der Waals surface area contributed by atoms with Gasteiger partial charge in [0.2, 0.25) is 0 Å². The molecular formula is C17H19FN4O. The average molecular weight is 314 g/mol. The Kier molecular flexibility index (Phi) is 4.52. The van der Waals surface area contributed by atoms with Crippen LogP contribution in [0.4, 0.5) is 10.2 Å². The van der Waals surface area contributed by atoms with Gasteiger partial charge in [0.05, 0.1) is 12.3 Å². The predicted molar refractivity (Wildman–Crippen MR) is 86.8 cm³/mol. The van der Waals surface area contributed by atoms with Crippen LogP contribution in [0.15, 0.2) is 42.6 Å². The molecule has 0 radical (unpaired) electrons. The van der Waals surface area contributed by atoms with Crippen molar-refractivity contribution in [3.8, 4) is 0 Å². The molecule has 0 spiro atoms. The number of aromatic nitrogens is 3. The largest absolute Gasteiger partial charge is 0.386 e. The lowest BCUT2D eigenvalue weighted by Gasteiger charge is -2.15. The van der Waals surface area contributed by atoms with Crippen LogP contribution >= 0.6 is 0 Å². The van der Waals surface area contributed by atoms with Gasteiger partial charge in [0.15, 0.2) is 5.65 Å². The van der Waals surface area contributed by atoms with Crippen molar-refractivity contribution >= 4 is 11.5 Å². The highest BCUT2D eigenvalue weighted by molar-refractivity contribution is 5.49. The molecule has 2 heterocycles. The third-order valence-electron chi connectivity index (χ3n) is 3.66. The van der Waals surface area contributed by atoms with Crippen molar-refractivity contribution < 1.29 is 9.50 Å². The summed E-state index contributed by atoms with van der Waals surface area (Å²) in [6, 6.07) is 9.98. The number of aliphatic hydroxyl groups excluding tert-OH is 1. The van der Waals surface area contributed by atoms with Gasteiger partial charge in [-0.2, -0.15) is 9.61 Å². The zero-order valence-corrected chi connectivity index (χ0v) is 12.9. The molecule has 120 valence electrons. The van der Waals surface area contributed by atoms with E-state index < -0.39 is 11.9 Å². The number of anilines is 1. The third-order valence-corrected chi connectivity index (χ3v) is 3.66. The number of aliphatic hydroxyl groups is 1. The standard InChI is InChI=1S/C17H19FN4O/c1-2-5-12-10-17(22-16(21-12)8-9-20-22)19-11-15(23)13-6-3-4-7-14(13)18/h3-4,6-10,15,19,23H,2,5,11H2,1H3/t15-/m1/s1. The molecule has 2 aromatic heterocycles. The zero-order valence-electron chi connectivity index (χ0n) is 12.9. The number of nitrogens with one attached hydrogen (secondary N) is 1. The van der Waals surface area contributed by atoms with Gasteiger partial charge < -0.3 is 10.4 Å². The van der Waals surface area contributed by atoms with Crippen LogP contribution in [-0.2, 0) is 6.42 Å². The Balaban J connectivity index is 1.81. The minimum atomic E-state index is -0.940. The van der Waals surface area contributed by atoms with Gasteiger partial charge in [-0.05, 0) is 12.5 Å². The number of hydrogen-bond donors (Lipinski definition) is 2. The lowest BCUT2D eigenvalue weighted by atomic mass is 10.1. The van der Waals surface area contributed by atoms with Gasteiger partial charge in [0.1, 0.15) is 11.6 Å². The third kappa shape index (κ3) is 3.32. The van der Waals surface area contributed by atoms with E-state index in [1.54, 1.807) is 28.9 Å². The lowest BCUT2D eigenvalue weighted by Crippen LogP contribution is -2.16. The van der Waals surface area contributed by atoms with Crippen LogP contribution < -0.4 is 5.32 Å². The summed E-state index contributed by atoms with van der Waals surface area (Å²) in [5, 5.41) is 17.6. The van der Waals surface area contributed by atoms with Gasteiger partial charge in [0, 0.05) is 29.9 Å². The van der Waals surface area contributed by atoms with Crippen molar-refractivity contribution in [2.75, 3.05) is 11.9 Å². The van der Waals surface area contributed by atoms with Gasteiger partial charge in [-0.1, -0.05) is 31.5 Å². The molecule has 23 heavy (non-hydrogen) atoms. The zero-order chi connectivity index (χ0) is 16.2. The van der Waals surface area contributed by atoms with Crippen LogP contribution in [0, 0.1) is 5.82 Å². The molecule has 5 nitrogen and oxygen atoms in total. The van der Waals surface area contributed by atoms with Crippen LogP contribution in [-0.4, -0.2) is 26.2 Å². The van der Waals surface area contributed by atoms with Crippen molar-refractivity contribution in [3.63, 3.8) is 0 Å². The monoisotopic (exact) mass is 314 g/mol. The summed E-state index contributed by atoms with van der Waals surface area (Å²) in [5.74, 6) is 0.325. The lowest BCUT2D eigenvalue weighted by molar-refractivity contribution is 0.186. The van der Waals surface area contributed by atoms with E-state index in [2.05, 4.69) is 22.3 Å². The SMILES string of the molecule is CCCc1cc(NC[C@@H](O)c2ccccc2F)n2nccc2n1. The second-order valence-corrected chi connectivity index (χ2v) is 5.40. The van der Waals surface area contributed by atoms with E-state index in [-0.39, 0.29) is 12.1 Å². The van der Waals surface area contributed by atoms with E-state index in [0.29, 0.717) is 0 Å². The van der Waals surface area contributed by atoms with Gasteiger partial charge in [-0.25, -0.2) is 9.37 Å². The first kappa shape index (κ1) is 15.4. The van der Waals surface area contributed by atoms with Crippen LogP contribution in [0.25, 0.3) is 5.65 Å². The first-order valence-electron chi connectivity index (χ1n) is 7.69. The number of hydrogen-bond acceptors (Lipinski definition) is 4. The average Bonchev–Trinajstić information content (AvgIpc) is 3.01. The molecule has 0 amide bonds. The number of rotatable bonds is 6. The van der Waals surface area contributed by atoms with Crippen molar-refractivity contribution in [3.05, 3.63) is 59.7 Å². The maximum absolute atomic E-state index is 13.7. The molecule has 0 bridgehead atoms. The maximum Gasteiger partial charge on any atom is 0.157 e. The van der Waals surface area contributed by atoms with E-state index in [0.717, 1.165) is 30.0 Å². The first-order chi connectivity index (χ1) is 11.2. The molecule has 0 aliphatic heterocycles. The second-order valence-electron chi connectivity index (χ2n) is 5.40. The topological polar surface area (TPSA) is 62.5 Å². The summed E-state index contributed by atoms with van der Waals surface area (Å²) in [6.07, 6.45) is 2.60. The normalized spacial score (nSPS) is 12.5. The number of aryl methyl sites for hydroxylation is 1. The second kappa shape index (κ2) is 6.75. The summed E-state index contributed by atoms with van der Waals surface area (Å²) in [4.78, 5) is 4.52. The summed E-state index contributed by atoms with van der Waals surface area (Å²) >= 11 is 0. The van der Waals surface area contributed by atoms with Crippen molar-refractivity contribution in [1.29, 1.82) is 0 Å². The van der Waals surface area contributed by atoms with Gasteiger partial charge in [-0.15, -0.1) is 0 Å². The number of nitrogens with zero attached hydrogens (tertiary/aromatic N) is 3. The van der Waals surface area contributed by atoms with Gasteiger partial charge in [0.25, 0.3) is 0 Å². The summed E-state index contributed by atoms with van der Waals surface area (Å²) in [7, 11) is 0. The van der Waals surface area contributed by atoms with E-state index in [1.807, 2.05) is 12.1 Å². The molecule has 3 aromatic rings. The molecule has 0 unspecified atom stereocenters. The van der Waals surface area contributed by atoms with Crippen LogP contribution in [0.2, 0.25) is 0 Å². The van der Waals surface area contributed by atoms with E-state index in [4.69, 9.17) is 0 Å². The highest BCUT2D eigenvalue weighted by atomic mass is 19.1. The first-order valence-corrected chi connectivity index (χ1v) is 7.69. The van der Waals surface area contributed by atoms with E-state index >= 15 is 0 Å². The minimum absolute atomic E-state index is 0.186. The van der Waals surface area contributed by atoms with Crippen LogP contribution in [0.3, 0.4) is 0 Å². The summed E-state index contributed by atoms with van der Waals surface area (Å²) < 4.78 is 15.4. The molecule has 2 N–H and O–H groups in total. The number of benzene rings is 1. The molecule has 1 aromatic carbocycles. The summed E-state index contributed by atoms with van der Waals surface area (Å²) in [6.45, 7) is 2.28. The fourth-order valence-electron chi connectivity index (χ4n) is 2.53. The number of halogens is 1. The molecule has 0 saturated carbocycles. The smallest absolute Gasteiger partial charge is 0.157 e. The molecule has 0 fully saturated rings. The molecular weight excluding hydrogens is 295 g/mol. The van der Waals surface area contributed by atoms with Gasteiger partial charge in [-0.3, -0.25) is 0 Å². The molecule has 0 aliphatic carbocycles. The van der Waals surface area contributed by atoms with Crippen molar-refractivity contribution in [2.24, 2.45) is 0 Å². The van der Waals surface area contributed by atoms with Crippen molar-refractivity contribution in [2.45, 2.75) is 25.9 Å². The Morgan fingerprint density at radius 3 is 2.91 bits per heavy atom. The highest BCUT2D eigenvalue weighted by Crippen LogP contribution is 2.19. The Morgan fingerprint density at radius 2 is 2.13 bits per heavy atom. The predicted octanol–water partition coefficient (Wildman–Crippen LogP) is 2.97.